The van der Waals surface area contributed by atoms with Gasteiger partial charge in [-0.2, -0.15) is 0 Å². The quantitative estimate of drug-likeness (QED) is 0.643. The number of benzene rings is 1. The van der Waals surface area contributed by atoms with Crippen LogP contribution in [0.25, 0.3) is 0 Å². The minimum atomic E-state index is 0.0954. The predicted octanol–water partition coefficient (Wildman–Crippen LogP) is 1.73. The first-order valence-electron chi connectivity index (χ1n) is 5.41. The molecule has 5 heteroatoms. The topological polar surface area (TPSA) is 56.4 Å². The summed E-state index contributed by atoms with van der Waals surface area (Å²) in [6, 6.07) is 5.83. The van der Waals surface area contributed by atoms with Crippen molar-refractivity contribution in [2.45, 2.75) is 0 Å². The van der Waals surface area contributed by atoms with Crippen molar-refractivity contribution in [1.82, 2.24) is 4.90 Å². The van der Waals surface area contributed by atoms with Crippen molar-refractivity contribution < 1.29 is 0 Å². The Hall–Kier alpha value is -1.07. The average molecular weight is 299 g/mol. The van der Waals surface area contributed by atoms with Gasteiger partial charge in [0.1, 0.15) is 5.84 Å². The van der Waals surface area contributed by atoms with Crippen molar-refractivity contribution >= 4 is 27.5 Å². The molecule has 0 atom stereocenters. The molecule has 0 aliphatic rings. The highest BCUT2D eigenvalue weighted by Crippen LogP contribution is 2.23. The van der Waals surface area contributed by atoms with Crippen LogP contribution in [0.4, 0.5) is 5.69 Å². The summed E-state index contributed by atoms with van der Waals surface area (Å²) in [7, 11) is 6.10. The molecular formula is C12H19BrN4. The van der Waals surface area contributed by atoms with Gasteiger partial charge in [-0.15, -0.1) is 0 Å². The molecule has 0 amide bonds. The highest BCUT2D eigenvalue weighted by atomic mass is 79.9. The number of likely N-dealkylation sites (N-methyl/N-ethyl adjacent to an activating group) is 2. The van der Waals surface area contributed by atoms with Gasteiger partial charge in [0.2, 0.25) is 0 Å². The maximum Gasteiger partial charge on any atom is 0.124 e. The molecule has 1 aromatic carbocycles. The average Bonchev–Trinajstić information content (AvgIpc) is 2.25. The van der Waals surface area contributed by atoms with Gasteiger partial charge in [-0.3, -0.25) is 5.41 Å². The number of rotatable bonds is 5. The first-order chi connectivity index (χ1) is 7.91. The van der Waals surface area contributed by atoms with E-state index in [0.717, 1.165) is 28.8 Å². The van der Waals surface area contributed by atoms with Gasteiger partial charge in [0.25, 0.3) is 0 Å². The van der Waals surface area contributed by atoms with E-state index in [4.69, 9.17) is 11.1 Å². The van der Waals surface area contributed by atoms with E-state index < -0.39 is 0 Å². The molecule has 1 aromatic rings. The third kappa shape index (κ3) is 4.02. The van der Waals surface area contributed by atoms with Gasteiger partial charge in [-0.05, 0) is 32.3 Å². The van der Waals surface area contributed by atoms with Crippen molar-refractivity contribution in [3.05, 3.63) is 28.2 Å². The fraction of sp³-hybridized carbons (Fsp3) is 0.417. The molecule has 0 unspecified atom stereocenters. The van der Waals surface area contributed by atoms with E-state index in [1.165, 1.54) is 0 Å². The highest BCUT2D eigenvalue weighted by Gasteiger charge is 2.10. The first kappa shape index (κ1) is 14.0. The fourth-order valence-electron chi connectivity index (χ4n) is 1.53. The summed E-state index contributed by atoms with van der Waals surface area (Å²) >= 11 is 3.40. The Morgan fingerprint density at radius 3 is 2.47 bits per heavy atom. The SMILES string of the molecule is CN(C)CCN(C)c1ccc(Br)cc1C(=N)N. The Kier molecular flexibility index (Phi) is 4.96. The molecule has 0 aliphatic heterocycles. The monoisotopic (exact) mass is 298 g/mol. The molecule has 1 rings (SSSR count). The number of nitrogens with zero attached hydrogens (tertiary/aromatic N) is 2. The number of nitrogens with two attached hydrogens (primary N) is 1. The molecule has 0 heterocycles. The third-order valence-electron chi connectivity index (χ3n) is 2.54. The maximum absolute atomic E-state index is 7.60. The standard InChI is InChI=1S/C12H19BrN4/c1-16(2)6-7-17(3)11-5-4-9(13)8-10(11)12(14)15/h4-5,8H,6-7H2,1-3H3,(H3,14,15). The van der Waals surface area contributed by atoms with Crippen molar-refractivity contribution in [3.8, 4) is 0 Å². The largest absolute Gasteiger partial charge is 0.384 e. The zero-order valence-corrected chi connectivity index (χ0v) is 12.1. The molecular weight excluding hydrogens is 280 g/mol. The van der Waals surface area contributed by atoms with Gasteiger partial charge in [0.15, 0.2) is 0 Å². The van der Waals surface area contributed by atoms with Crippen LogP contribution in [0.15, 0.2) is 22.7 Å². The number of hydrogen-bond acceptors (Lipinski definition) is 3. The van der Waals surface area contributed by atoms with Crippen LogP contribution in [0.5, 0.6) is 0 Å². The molecule has 0 spiro atoms. The lowest BCUT2D eigenvalue weighted by Crippen LogP contribution is -2.30. The fourth-order valence-corrected chi connectivity index (χ4v) is 1.89. The molecule has 4 nitrogen and oxygen atoms in total. The summed E-state index contributed by atoms with van der Waals surface area (Å²) in [6.07, 6.45) is 0. The molecule has 0 fully saturated rings. The zero-order valence-electron chi connectivity index (χ0n) is 10.5. The second-order valence-corrected chi connectivity index (χ2v) is 5.22. The van der Waals surface area contributed by atoms with Crippen LogP contribution in [0.2, 0.25) is 0 Å². The molecule has 94 valence electrons. The predicted molar refractivity (Wildman–Crippen MR) is 77.0 cm³/mol. The summed E-state index contributed by atoms with van der Waals surface area (Å²) in [5.41, 5.74) is 7.36. The van der Waals surface area contributed by atoms with Crippen LogP contribution in [-0.2, 0) is 0 Å². The summed E-state index contributed by atoms with van der Waals surface area (Å²) in [5, 5.41) is 7.60. The Bertz CT molecular complexity index is 403. The van der Waals surface area contributed by atoms with Crippen LogP contribution < -0.4 is 10.6 Å². The summed E-state index contributed by atoms with van der Waals surface area (Å²) in [4.78, 5) is 4.24. The molecule has 0 saturated carbocycles. The van der Waals surface area contributed by atoms with E-state index in [9.17, 15) is 0 Å². The van der Waals surface area contributed by atoms with Crippen LogP contribution in [0.1, 0.15) is 5.56 Å². The van der Waals surface area contributed by atoms with Gasteiger partial charge in [0.05, 0.1) is 0 Å². The Labute approximate surface area is 111 Å². The van der Waals surface area contributed by atoms with Crippen LogP contribution in [0, 0.1) is 5.41 Å². The number of nitrogen functional groups attached to an aromatic ring is 1. The normalized spacial score (nSPS) is 10.6. The first-order valence-corrected chi connectivity index (χ1v) is 6.21. The van der Waals surface area contributed by atoms with E-state index in [-0.39, 0.29) is 5.84 Å². The van der Waals surface area contributed by atoms with Gasteiger partial charge in [-0.1, -0.05) is 15.9 Å². The minimum absolute atomic E-state index is 0.0954. The van der Waals surface area contributed by atoms with Crippen LogP contribution in [-0.4, -0.2) is 45.0 Å². The molecule has 17 heavy (non-hydrogen) atoms. The van der Waals surface area contributed by atoms with Gasteiger partial charge < -0.3 is 15.5 Å². The van der Waals surface area contributed by atoms with Crippen molar-refractivity contribution in [3.63, 3.8) is 0 Å². The second kappa shape index (κ2) is 6.02. The molecule has 0 aromatic heterocycles. The summed E-state index contributed by atoms with van der Waals surface area (Å²) < 4.78 is 0.937. The van der Waals surface area contributed by atoms with Crippen LogP contribution in [0.3, 0.4) is 0 Å². The van der Waals surface area contributed by atoms with E-state index in [1.54, 1.807) is 0 Å². The molecule has 0 aliphatic carbocycles. The molecule has 0 radical (unpaired) electrons. The maximum atomic E-state index is 7.60. The number of hydrogen-bond donors (Lipinski definition) is 2. The number of amidine groups is 1. The van der Waals surface area contributed by atoms with Crippen LogP contribution >= 0.6 is 15.9 Å². The second-order valence-electron chi connectivity index (χ2n) is 4.30. The molecule has 3 N–H and O–H groups in total. The Morgan fingerprint density at radius 1 is 1.29 bits per heavy atom. The highest BCUT2D eigenvalue weighted by molar-refractivity contribution is 9.10. The lowest BCUT2D eigenvalue weighted by atomic mass is 10.1. The number of halogens is 1. The lowest BCUT2D eigenvalue weighted by Gasteiger charge is -2.24. The van der Waals surface area contributed by atoms with Gasteiger partial charge >= 0.3 is 0 Å². The number of nitrogens with one attached hydrogen (secondary N) is 1. The number of anilines is 1. The van der Waals surface area contributed by atoms with E-state index in [2.05, 4.69) is 25.7 Å². The Balaban J connectivity index is 2.92. The van der Waals surface area contributed by atoms with Crippen molar-refractivity contribution in [2.24, 2.45) is 5.73 Å². The minimum Gasteiger partial charge on any atom is -0.384 e. The third-order valence-corrected chi connectivity index (χ3v) is 3.04. The van der Waals surface area contributed by atoms with E-state index >= 15 is 0 Å². The summed E-state index contributed by atoms with van der Waals surface area (Å²) in [6.45, 7) is 1.86. The smallest absolute Gasteiger partial charge is 0.124 e. The Morgan fingerprint density at radius 2 is 1.94 bits per heavy atom. The molecule has 0 bridgehead atoms. The molecule has 0 saturated heterocycles. The van der Waals surface area contributed by atoms with Crippen molar-refractivity contribution in [1.29, 1.82) is 5.41 Å². The van der Waals surface area contributed by atoms with Crippen molar-refractivity contribution in [2.75, 3.05) is 39.1 Å². The van der Waals surface area contributed by atoms with Gasteiger partial charge in [-0.25, -0.2) is 0 Å². The van der Waals surface area contributed by atoms with E-state index in [0.29, 0.717) is 0 Å². The lowest BCUT2D eigenvalue weighted by molar-refractivity contribution is 0.416. The summed E-state index contributed by atoms with van der Waals surface area (Å²) in [5.74, 6) is 0.0954. The van der Waals surface area contributed by atoms with Gasteiger partial charge in [0, 0.05) is 35.9 Å². The van der Waals surface area contributed by atoms with E-state index in [1.807, 2.05) is 39.3 Å². The zero-order chi connectivity index (χ0) is 13.0.